The van der Waals surface area contributed by atoms with Crippen LogP contribution >= 0.6 is 0 Å². The molecule has 0 spiro atoms. The Balaban J connectivity index is 1.94. The zero-order chi connectivity index (χ0) is 25.3. The van der Waals surface area contributed by atoms with E-state index in [1.54, 1.807) is 25.4 Å². The van der Waals surface area contributed by atoms with E-state index >= 15 is 0 Å². The first kappa shape index (κ1) is 24.5. The predicted molar refractivity (Wildman–Crippen MR) is 135 cm³/mol. The van der Waals surface area contributed by atoms with Gasteiger partial charge >= 0.3 is 5.69 Å². The first-order chi connectivity index (χ1) is 16.6. The lowest BCUT2D eigenvalue weighted by Gasteiger charge is -2.19. The van der Waals surface area contributed by atoms with Gasteiger partial charge in [-0.15, -0.1) is 0 Å². The number of hydrogen-bond donors (Lipinski definition) is 0. The number of sulfone groups is 1. The molecule has 1 unspecified atom stereocenters. The van der Waals surface area contributed by atoms with Crippen LogP contribution in [0.3, 0.4) is 0 Å². The number of aryl methyl sites for hydroxylation is 2. The van der Waals surface area contributed by atoms with Gasteiger partial charge in [0.15, 0.2) is 11.4 Å². The fourth-order valence-corrected chi connectivity index (χ4v) is 5.05. The fraction of sp³-hybridized carbons (Fsp3) is 0.320. The Morgan fingerprint density at radius 2 is 1.89 bits per heavy atom. The van der Waals surface area contributed by atoms with Crippen LogP contribution in [0, 0.1) is 6.92 Å². The molecule has 0 radical (unpaired) electrons. The highest BCUT2D eigenvalue weighted by molar-refractivity contribution is 7.90. The molecule has 0 fully saturated rings. The van der Waals surface area contributed by atoms with E-state index in [0.717, 1.165) is 22.9 Å². The maximum atomic E-state index is 13.4. The molecule has 0 N–H and O–H groups in total. The average Bonchev–Trinajstić information content (AvgIpc) is 3.07. The van der Waals surface area contributed by atoms with Crippen molar-refractivity contribution < 1.29 is 17.9 Å². The smallest absolute Gasteiger partial charge is 0.330 e. The van der Waals surface area contributed by atoms with Gasteiger partial charge < -0.3 is 9.47 Å². The van der Waals surface area contributed by atoms with Crippen molar-refractivity contribution >= 4 is 21.0 Å². The molecule has 0 saturated heterocycles. The number of benzene rings is 1. The van der Waals surface area contributed by atoms with Crippen molar-refractivity contribution in [3.05, 3.63) is 70.4 Å². The van der Waals surface area contributed by atoms with Gasteiger partial charge in [0.2, 0.25) is 0 Å². The minimum atomic E-state index is -3.50. The summed E-state index contributed by atoms with van der Waals surface area (Å²) in [6.07, 6.45) is 2.83. The quantitative estimate of drug-likeness (QED) is 0.369. The highest BCUT2D eigenvalue weighted by Crippen LogP contribution is 2.31. The molecule has 0 aliphatic heterocycles. The van der Waals surface area contributed by atoms with Gasteiger partial charge in [-0.3, -0.25) is 9.13 Å². The number of aromatic nitrogens is 4. The Labute approximate surface area is 203 Å². The van der Waals surface area contributed by atoms with Gasteiger partial charge in [-0.2, -0.15) is 0 Å². The van der Waals surface area contributed by atoms with Gasteiger partial charge in [-0.25, -0.2) is 23.2 Å². The Bertz CT molecular complexity index is 1560. The van der Waals surface area contributed by atoms with E-state index in [9.17, 15) is 13.2 Å². The summed E-state index contributed by atoms with van der Waals surface area (Å²) in [5.74, 6) is 0.312. The molecule has 9 nitrogen and oxygen atoms in total. The Morgan fingerprint density at radius 1 is 1.14 bits per heavy atom. The van der Waals surface area contributed by atoms with Crippen molar-refractivity contribution in [1.82, 2.24) is 19.1 Å². The summed E-state index contributed by atoms with van der Waals surface area (Å²) in [7, 11) is -0.356. The van der Waals surface area contributed by atoms with Crippen LogP contribution in [0.1, 0.15) is 24.2 Å². The summed E-state index contributed by atoms with van der Waals surface area (Å²) >= 11 is 0. The van der Waals surface area contributed by atoms with Crippen LogP contribution in [-0.2, 0) is 16.9 Å². The number of nitrogens with zero attached hydrogens (tertiary/aromatic N) is 4. The van der Waals surface area contributed by atoms with Crippen molar-refractivity contribution in [2.24, 2.45) is 7.05 Å². The van der Waals surface area contributed by atoms with Crippen LogP contribution in [0.2, 0.25) is 0 Å². The van der Waals surface area contributed by atoms with Gasteiger partial charge in [0, 0.05) is 25.1 Å². The molecule has 10 heteroatoms. The van der Waals surface area contributed by atoms with E-state index in [0.29, 0.717) is 29.2 Å². The Kier molecular flexibility index (Phi) is 6.66. The lowest BCUT2D eigenvalue weighted by atomic mass is 10.0. The molecule has 1 atom stereocenters. The maximum absolute atomic E-state index is 13.4. The third-order valence-electron chi connectivity index (χ3n) is 5.85. The minimum absolute atomic E-state index is 0.231. The van der Waals surface area contributed by atoms with Crippen LogP contribution in [0.5, 0.6) is 11.6 Å². The number of fused-ring (bicyclic) bond motifs is 1. The first-order valence-corrected chi connectivity index (χ1v) is 13.2. The van der Waals surface area contributed by atoms with Gasteiger partial charge in [-0.1, -0.05) is 24.3 Å². The van der Waals surface area contributed by atoms with E-state index < -0.39 is 21.6 Å². The predicted octanol–water partition coefficient (Wildman–Crippen LogP) is 3.15. The van der Waals surface area contributed by atoms with Crippen LogP contribution in [0.4, 0.5) is 0 Å². The second-order valence-corrected chi connectivity index (χ2v) is 10.6. The molecular weight excluding hydrogens is 468 g/mol. The van der Waals surface area contributed by atoms with Crippen molar-refractivity contribution in [1.29, 1.82) is 0 Å². The lowest BCUT2D eigenvalue weighted by Crippen LogP contribution is -2.31. The zero-order valence-corrected chi connectivity index (χ0v) is 21.2. The molecule has 0 aliphatic rings. The summed E-state index contributed by atoms with van der Waals surface area (Å²) < 4.78 is 38.6. The number of imidazole rings is 1. The third kappa shape index (κ3) is 4.79. The van der Waals surface area contributed by atoms with Crippen LogP contribution in [-0.4, -0.2) is 53.2 Å². The molecule has 184 valence electrons. The van der Waals surface area contributed by atoms with E-state index in [1.165, 1.54) is 16.2 Å². The number of pyridine rings is 2. The highest BCUT2D eigenvalue weighted by Gasteiger charge is 2.28. The lowest BCUT2D eigenvalue weighted by molar-refractivity contribution is 0.296. The van der Waals surface area contributed by atoms with Crippen molar-refractivity contribution in [2.45, 2.75) is 19.9 Å². The third-order valence-corrected chi connectivity index (χ3v) is 6.77. The zero-order valence-electron chi connectivity index (χ0n) is 20.3. The molecule has 0 bridgehead atoms. The molecule has 3 aromatic heterocycles. The van der Waals surface area contributed by atoms with Gasteiger partial charge in [0.1, 0.15) is 9.84 Å². The Morgan fingerprint density at radius 3 is 2.54 bits per heavy atom. The average molecular weight is 497 g/mol. The van der Waals surface area contributed by atoms with Crippen molar-refractivity contribution in [3.8, 4) is 22.8 Å². The molecular formula is C25H28N4O5S. The number of methoxy groups -OCH3 is 1. The largest absolute Gasteiger partial charge is 0.491 e. The first-order valence-electron chi connectivity index (χ1n) is 11.1. The maximum Gasteiger partial charge on any atom is 0.330 e. The number of rotatable bonds is 8. The van der Waals surface area contributed by atoms with E-state index in [-0.39, 0.29) is 11.6 Å². The summed E-state index contributed by atoms with van der Waals surface area (Å²) in [5, 5.41) is 0. The number of ether oxygens (including phenoxy) is 2. The summed E-state index contributed by atoms with van der Waals surface area (Å²) in [6, 6.07) is 12.2. The highest BCUT2D eigenvalue weighted by atomic mass is 32.2. The molecule has 0 saturated carbocycles. The molecule has 0 aliphatic carbocycles. The molecule has 4 aromatic rings. The standard InChI is InChI=1S/C25H28N4O5S/c1-6-34-24-22(33-4)12-11-19(27-24)21(15-35(5,31)32)29-23-20(28(3)25(29)30)13-17(14-26-23)18-10-8-7-9-16(18)2/h7-14,21H,6,15H2,1-5H3. The number of hydrogen-bond acceptors (Lipinski definition) is 7. The monoisotopic (exact) mass is 496 g/mol. The van der Waals surface area contributed by atoms with E-state index in [2.05, 4.69) is 9.97 Å². The van der Waals surface area contributed by atoms with Crippen LogP contribution in [0.15, 0.2) is 53.5 Å². The van der Waals surface area contributed by atoms with Crippen molar-refractivity contribution in [3.63, 3.8) is 0 Å². The van der Waals surface area contributed by atoms with Crippen molar-refractivity contribution in [2.75, 3.05) is 25.7 Å². The van der Waals surface area contributed by atoms with Gasteiger partial charge in [-0.05, 0) is 43.2 Å². The normalized spacial score (nSPS) is 12.6. The van der Waals surface area contributed by atoms with Gasteiger partial charge in [0.05, 0.1) is 36.7 Å². The molecule has 1 aromatic carbocycles. The molecule has 35 heavy (non-hydrogen) atoms. The van der Waals surface area contributed by atoms with Gasteiger partial charge in [0.25, 0.3) is 5.88 Å². The summed E-state index contributed by atoms with van der Waals surface area (Å²) in [4.78, 5) is 22.6. The van der Waals surface area contributed by atoms with E-state index in [1.807, 2.05) is 44.2 Å². The molecule has 3 heterocycles. The minimum Gasteiger partial charge on any atom is -0.491 e. The molecule has 4 rings (SSSR count). The van der Waals surface area contributed by atoms with Crippen LogP contribution in [0.25, 0.3) is 22.3 Å². The van der Waals surface area contributed by atoms with E-state index in [4.69, 9.17) is 9.47 Å². The summed E-state index contributed by atoms with van der Waals surface area (Å²) in [6.45, 7) is 4.17. The second-order valence-electron chi connectivity index (χ2n) is 8.38. The topological polar surface area (TPSA) is 105 Å². The fourth-order valence-electron chi connectivity index (χ4n) is 4.16. The Hall–Kier alpha value is -3.66. The summed E-state index contributed by atoms with van der Waals surface area (Å²) in [5.41, 5.74) is 3.89. The second kappa shape index (κ2) is 9.53. The van der Waals surface area contributed by atoms with Crippen LogP contribution < -0.4 is 15.2 Å². The molecule has 0 amide bonds. The SMILES string of the molecule is CCOc1nc(C(CS(C)(=O)=O)n2c(=O)n(C)c3cc(-c4ccccc4C)cnc32)ccc1OC.